The van der Waals surface area contributed by atoms with Crippen LogP contribution in [0.1, 0.15) is 39.5 Å². The molecule has 1 saturated carbocycles. The molecular weight excluding hydrogens is 212 g/mol. The van der Waals surface area contributed by atoms with Crippen molar-refractivity contribution in [2.75, 3.05) is 33.3 Å². The minimum absolute atomic E-state index is 0.326. The van der Waals surface area contributed by atoms with E-state index in [9.17, 15) is 5.11 Å². The molecule has 0 aromatic carbocycles. The lowest BCUT2D eigenvalue weighted by Crippen LogP contribution is -2.38. The summed E-state index contributed by atoms with van der Waals surface area (Å²) in [5.74, 6) is 0. The van der Waals surface area contributed by atoms with E-state index in [4.69, 9.17) is 0 Å². The van der Waals surface area contributed by atoms with Gasteiger partial charge >= 0.3 is 0 Å². The van der Waals surface area contributed by atoms with Crippen LogP contribution in [-0.4, -0.2) is 60.3 Å². The van der Waals surface area contributed by atoms with Crippen molar-refractivity contribution in [2.24, 2.45) is 5.41 Å². The summed E-state index contributed by atoms with van der Waals surface area (Å²) in [5.41, 5.74) is 0.561. The molecule has 1 N–H and O–H groups in total. The van der Waals surface area contributed by atoms with Gasteiger partial charge in [-0.2, -0.15) is 0 Å². The lowest BCUT2D eigenvalue weighted by molar-refractivity contribution is 0.139. The van der Waals surface area contributed by atoms with Crippen molar-refractivity contribution in [2.45, 2.75) is 51.6 Å². The van der Waals surface area contributed by atoms with Gasteiger partial charge in [0, 0.05) is 25.2 Å². The summed E-state index contributed by atoms with van der Waals surface area (Å²) < 4.78 is 0. The Bertz CT molecular complexity index is 253. The van der Waals surface area contributed by atoms with Gasteiger partial charge in [-0.25, -0.2) is 0 Å². The van der Waals surface area contributed by atoms with Gasteiger partial charge in [0.05, 0.1) is 6.61 Å². The maximum absolute atomic E-state index is 9.52. The predicted octanol–water partition coefficient (Wildman–Crippen LogP) is 1.56. The summed E-state index contributed by atoms with van der Waals surface area (Å²) in [6.45, 7) is 8.45. The number of likely N-dealkylation sites (N-methyl/N-ethyl adjacent to an activating group) is 1. The Morgan fingerprint density at radius 2 is 2.12 bits per heavy atom. The number of rotatable bonds is 6. The fourth-order valence-corrected chi connectivity index (χ4v) is 3.06. The number of nitrogens with zero attached hydrogens (tertiary/aromatic N) is 2. The summed E-state index contributed by atoms with van der Waals surface area (Å²) in [4.78, 5) is 5.00. The summed E-state index contributed by atoms with van der Waals surface area (Å²) in [5, 5.41) is 9.52. The molecule has 2 aliphatic rings. The van der Waals surface area contributed by atoms with Crippen LogP contribution in [0.25, 0.3) is 0 Å². The van der Waals surface area contributed by atoms with E-state index in [1.165, 1.54) is 32.4 Å². The van der Waals surface area contributed by atoms with Gasteiger partial charge in [0.2, 0.25) is 0 Å². The van der Waals surface area contributed by atoms with E-state index in [1.54, 1.807) is 0 Å². The van der Waals surface area contributed by atoms with E-state index >= 15 is 0 Å². The average molecular weight is 240 g/mol. The molecule has 2 unspecified atom stereocenters. The van der Waals surface area contributed by atoms with Crippen molar-refractivity contribution in [3.63, 3.8) is 0 Å². The Balaban J connectivity index is 1.88. The molecule has 0 amide bonds. The summed E-state index contributed by atoms with van der Waals surface area (Å²) in [6.07, 6.45) is 5.10. The second kappa shape index (κ2) is 5.25. The molecule has 0 spiro atoms. The molecule has 100 valence electrons. The van der Waals surface area contributed by atoms with E-state index in [0.717, 1.165) is 13.0 Å². The molecular formula is C14H28N2O. The molecule has 1 saturated heterocycles. The summed E-state index contributed by atoms with van der Waals surface area (Å²) in [7, 11) is 2.23. The fourth-order valence-electron chi connectivity index (χ4n) is 3.06. The van der Waals surface area contributed by atoms with E-state index in [0.29, 0.717) is 24.1 Å². The molecule has 1 heterocycles. The van der Waals surface area contributed by atoms with Crippen LogP contribution in [0.15, 0.2) is 0 Å². The average Bonchev–Trinajstić information content (AvgIpc) is 2.88. The molecule has 2 fully saturated rings. The molecule has 2 atom stereocenters. The van der Waals surface area contributed by atoms with Crippen molar-refractivity contribution in [1.29, 1.82) is 0 Å². The van der Waals surface area contributed by atoms with Crippen LogP contribution in [0.4, 0.5) is 0 Å². The quantitative estimate of drug-likeness (QED) is 0.763. The zero-order chi connectivity index (χ0) is 12.5. The first-order chi connectivity index (χ1) is 8.08. The lowest BCUT2D eigenvalue weighted by atomic mass is 10.1. The van der Waals surface area contributed by atoms with Gasteiger partial charge in [-0.15, -0.1) is 0 Å². The zero-order valence-corrected chi connectivity index (χ0v) is 11.7. The molecule has 0 radical (unpaired) electrons. The monoisotopic (exact) mass is 240 g/mol. The van der Waals surface area contributed by atoms with Crippen LogP contribution in [-0.2, 0) is 0 Å². The van der Waals surface area contributed by atoms with Crippen LogP contribution in [0.2, 0.25) is 0 Å². The van der Waals surface area contributed by atoms with Crippen LogP contribution < -0.4 is 0 Å². The van der Waals surface area contributed by atoms with E-state index in [1.807, 2.05) is 0 Å². The fraction of sp³-hybridized carbons (Fsp3) is 1.00. The first kappa shape index (κ1) is 13.3. The number of hydrogen-bond donors (Lipinski definition) is 1. The highest BCUT2D eigenvalue weighted by atomic mass is 16.3. The first-order valence-electron chi connectivity index (χ1n) is 7.13. The Morgan fingerprint density at radius 3 is 2.65 bits per heavy atom. The molecule has 2 rings (SSSR count). The molecule has 3 nitrogen and oxygen atoms in total. The van der Waals surface area contributed by atoms with E-state index in [2.05, 4.69) is 30.7 Å². The zero-order valence-electron chi connectivity index (χ0n) is 11.7. The Hall–Kier alpha value is -0.120. The first-order valence-corrected chi connectivity index (χ1v) is 7.13. The van der Waals surface area contributed by atoms with Crippen molar-refractivity contribution < 1.29 is 5.11 Å². The number of likely N-dealkylation sites (tertiary alicyclic amines) is 1. The van der Waals surface area contributed by atoms with Crippen LogP contribution >= 0.6 is 0 Å². The molecule has 0 aromatic heterocycles. The maximum atomic E-state index is 9.52. The number of aliphatic hydroxyl groups excluding tert-OH is 1. The molecule has 17 heavy (non-hydrogen) atoms. The van der Waals surface area contributed by atoms with E-state index in [-0.39, 0.29) is 0 Å². The second-order valence-corrected chi connectivity index (χ2v) is 6.45. The van der Waals surface area contributed by atoms with Crippen molar-refractivity contribution >= 4 is 0 Å². The highest BCUT2D eigenvalue weighted by Crippen LogP contribution is 2.46. The number of hydrogen-bond acceptors (Lipinski definition) is 3. The van der Waals surface area contributed by atoms with Gasteiger partial charge in [-0.3, -0.25) is 4.90 Å². The van der Waals surface area contributed by atoms with Gasteiger partial charge in [-0.1, -0.05) is 13.8 Å². The largest absolute Gasteiger partial charge is 0.395 e. The van der Waals surface area contributed by atoms with Gasteiger partial charge in [0.1, 0.15) is 0 Å². The third-order valence-corrected chi connectivity index (χ3v) is 4.60. The van der Waals surface area contributed by atoms with Crippen molar-refractivity contribution in [1.82, 2.24) is 9.80 Å². The topological polar surface area (TPSA) is 26.7 Å². The van der Waals surface area contributed by atoms with Gasteiger partial charge in [-0.05, 0) is 44.7 Å². The third kappa shape index (κ3) is 3.21. The molecule has 1 aliphatic heterocycles. The van der Waals surface area contributed by atoms with Gasteiger partial charge < -0.3 is 10.0 Å². The van der Waals surface area contributed by atoms with Crippen LogP contribution in [0.5, 0.6) is 0 Å². The Kier molecular flexibility index (Phi) is 4.11. The van der Waals surface area contributed by atoms with Gasteiger partial charge in [0.25, 0.3) is 0 Å². The summed E-state index contributed by atoms with van der Waals surface area (Å²) in [6, 6.07) is 1.05. The minimum atomic E-state index is 0.326. The molecule has 1 aliphatic carbocycles. The van der Waals surface area contributed by atoms with Crippen molar-refractivity contribution in [3.8, 4) is 0 Å². The number of aliphatic hydroxyl groups is 1. The van der Waals surface area contributed by atoms with Crippen LogP contribution in [0, 0.1) is 5.41 Å². The third-order valence-electron chi connectivity index (χ3n) is 4.60. The van der Waals surface area contributed by atoms with Gasteiger partial charge in [0.15, 0.2) is 0 Å². The Labute approximate surface area is 106 Å². The van der Waals surface area contributed by atoms with Crippen LogP contribution in [0.3, 0.4) is 0 Å². The Morgan fingerprint density at radius 1 is 1.41 bits per heavy atom. The lowest BCUT2D eigenvalue weighted by Gasteiger charge is -2.26. The molecule has 3 heteroatoms. The smallest absolute Gasteiger partial charge is 0.0587 e. The van der Waals surface area contributed by atoms with E-state index < -0.39 is 0 Å². The summed E-state index contributed by atoms with van der Waals surface area (Å²) >= 11 is 0. The highest BCUT2D eigenvalue weighted by Gasteiger charge is 2.43. The van der Waals surface area contributed by atoms with Crippen molar-refractivity contribution in [3.05, 3.63) is 0 Å². The predicted molar refractivity (Wildman–Crippen MR) is 71.1 cm³/mol. The molecule has 0 aromatic rings. The minimum Gasteiger partial charge on any atom is -0.395 e. The highest BCUT2D eigenvalue weighted by molar-refractivity contribution is 4.97. The maximum Gasteiger partial charge on any atom is 0.0587 e. The standard InChI is InChI=1S/C14H28N2O/c1-4-7-15(3)12-8-13(10-17)16(9-12)11-14(2)5-6-14/h12-13,17H,4-11H2,1-3H3. The molecule has 0 bridgehead atoms. The normalized spacial score (nSPS) is 32.3. The SMILES string of the molecule is CCCN(C)C1CC(CO)N(CC2(C)CC2)C1. The second-order valence-electron chi connectivity index (χ2n) is 6.45.